The van der Waals surface area contributed by atoms with E-state index < -0.39 is 6.09 Å². The summed E-state index contributed by atoms with van der Waals surface area (Å²) >= 11 is 7.52. The maximum Gasteiger partial charge on any atom is 0.417 e. The molecule has 0 aliphatic carbocycles. The Bertz CT molecular complexity index is 884. The van der Waals surface area contributed by atoms with E-state index in [0.717, 1.165) is 11.4 Å². The Hall–Kier alpha value is -2.64. The summed E-state index contributed by atoms with van der Waals surface area (Å²) in [5.74, 6) is 1.41. The highest BCUT2D eigenvalue weighted by Gasteiger charge is 2.22. The van der Waals surface area contributed by atoms with E-state index in [1.807, 2.05) is 0 Å². The second-order valence-corrected chi connectivity index (χ2v) is 7.04. The van der Waals surface area contributed by atoms with Gasteiger partial charge in [0.15, 0.2) is 0 Å². The number of benzene rings is 2. The van der Waals surface area contributed by atoms with Crippen molar-refractivity contribution in [3.8, 4) is 5.75 Å². The van der Waals surface area contributed by atoms with E-state index >= 15 is 0 Å². The van der Waals surface area contributed by atoms with Crippen LogP contribution in [0.15, 0.2) is 59.8 Å². The first-order chi connectivity index (χ1) is 13.0. The highest BCUT2D eigenvalue weighted by Crippen LogP contribution is 2.27. The lowest BCUT2D eigenvalue weighted by molar-refractivity contribution is -0.136. The van der Waals surface area contributed by atoms with Gasteiger partial charge in [0.1, 0.15) is 5.75 Å². The third kappa shape index (κ3) is 5.18. The van der Waals surface area contributed by atoms with Crippen molar-refractivity contribution in [2.24, 2.45) is 0 Å². The zero-order valence-corrected chi connectivity index (χ0v) is 16.0. The highest BCUT2D eigenvalue weighted by molar-refractivity contribution is 8.00. The Morgan fingerprint density at radius 3 is 2.56 bits per heavy atom. The first kappa shape index (κ1) is 19.1. The monoisotopic (exact) mass is 404 g/mol. The molecule has 0 saturated heterocycles. The lowest BCUT2D eigenvalue weighted by Gasteiger charge is -2.10. The van der Waals surface area contributed by atoms with Crippen molar-refractivity contribution < 1.29 is 19.1 Å². The van der Waals surface area contributed by atoms with E-state index in [1.54, 1.807) is 60.3 Å². The third-order valence-electron chi connectivity index (χ3n) is 3.72. The molecular formula is C19H17ClN2O4S. The first-order valence-corrected chi connectivity index (χ1v) is 9.58. The highest BCUT2D eigenvalue weighted by atomic mass is 35.5. The van der Waals surface area contributed by atoms with Gasteiger partial charge in [0.05, 0.1) is 12.7 Å². The Morgan fingerprint density at radius 2 is 1.85 bits per heavy atom. The summed E-state index contributed by atoms with van der Waals surface area (Å²) in [5.41, 5.74) is 2.81. The molecule has 0 atom stereocenters. The molecule has 0 spiro atoms. The summed E-state index contributed by atoms with van der Waals surface area (Å²) < 4.78 is 10.0. The van der Waals surface area contributed by atoms with Crippen molar-refractivity contribution in [3.63, 3.8) is 0 Å². The lowest BCUT2D eigenvalue weighted by atomic mass is 10.2. The molecule has 1 aliphatic rings. The molecule has 3 rings (SSSR count). The number of carbonyl (C=O) groups is 2. The molecular weight excluding hydrogens is 388 g/mol. The fraction of sp³-hybridized carbons (Fsp3) is 0.158. The lowest BCUT2D eigenvalue weighted by Crippen LogP contribution is -2.16. The Labute approximate surface area is 165 Å². The minimum absolute atomic E-state index is 0.319. The van der Waals surface area contributed by atoms with Crippen LogP contribution in [0, 0.1) is 0 Å². The molecule has 2 aromatic rings. The number of hydrogen-bond donors (Lipinski definition) is 2. The van der Waals surface area contributed by atoms with Gasteiger partial charge in [-0.05, 0) is 42.5 Å². The van der Waals surface area contributed by atoms with Crippen molar-refractivity contribution in [1.82, 2.24) is 0 Å². The molecule has 8 heteroatoms. The molecule has 0 unspecified atom stereocenters. The number of anilines is 2. The predicted molar refractivity (Wildman–Crippen MR) is 108 cm³/mol. The van der Waals surface area contributed by atoms with Gasteiger partial charge in [-0.15, -0.1) is 0 Å². The van der Waals surface area contributed by atoms with Crippen molar-refractivity contribution >= 4 is 46.8 Å². The number of carbonyl (C=O) groups excluding carboxylic acids is 2. The summed E-state index contributed by atoms with van der Waals surface area (Å²) in [4.78, 5) is 23.7. The van der Waals surface area contributed by atoms with Crippen LogP contribution in [0.5, 0.6) is 5.75 Å². The van der Waals surface area contributed by atoms with Crippen LogP contribution in [-0.2, 0) is 9.53 Å². The van der Waals surface area contributed by atoms with Gasteiger partial charge in [0.25, 0.3) is 0 Å². The van der Waals surface area contributed by atoms with Crippen molar-refractivity contribution in [1.29, 1.82) is 0 Å². The summed E-state index contributed by atoms with van der Waals surface area (Å²) in [5, 5.41) is 6.35. The minimum atomic E-state index is -0.610. The molecule has 1 aliphatic heterocycles. The molecule has 0 radical (unpaired) electrons. The van der Waals surface area contributed by atoms with Gasteiger partial charge in [-0.25, -0.2) is 9.59 Å². The van der Waals surface area contributed by atoms with Crippen LogP contribution >= 0.6 is 23.4 Å². The normalized spacial score (nSPS) is 13.3. The molecule has 0 bridgehead atoms. The quantitative estimate of drug-likeness (QED) is 0.712. The molecule has 1 heterocycles. The van der Waals surface area contributed by atoms with Gasteiger partial charge < -0.3 is 14.8 Å². The number of hydrogen-bond acceptors (Lipinski definition) is 6. The largest absolute Gasteiger partial charge is 0.466 e. The summed E-state index contributed by atoms with van der Waals surface area (Å²) in [6.07, 6.45) is -0.610. The maximum atomic E-state index is 12.0. The zero-order valence-electron chi connectivity index (χ0n) is 14.5. The maximum absolute atomic E-state index is 12.0. The van der Waals surface area contributed by atoms with Crippen LogP contribution < -0.4 is 15.4 Å². The molecule has 0 aromatic heterocycles. The average Bonchev–Trinajstić information content (AvgIpc) is 3.11. The van der Waals surface area contributed by atoms with E-state index in [4.69, 9.17) is 21.1 Å². The van der Waals surface area contributed by atoms with Gasteiger partial charge in [-0.2, -0.15) is 11.8 Å². The van der Waals surface area contributed by atoms with E-state index in [1.165, 1.54) is 7.11 Å². The van der Waals surface area contributed by atoms with E-state index in [-0.39, 0.29) is 5.97 Å². The Morgan fingerprint density at radius 1 is 1.07 bits per heavy atom. The van der Waals surface area contributed by atoms with Crippen LogP contribution in [0.25, 0.3) is 0 Å². The van der Waals surface area contributed by atoms with Crippen LogP contribution in [-0.4, -0.2) is 30.7 Å². The predicted octanol–water partition coefficient (Wildman–Crippen LogP) is 4.54. The third-order valence-corrected chi connectivity index (χ3v) is 4.94. The van der Waals surface area contributed by atoms with Gasteiger partial charge in [-0.3, -0.25) is 5.32 Å². The van der Waals surface area contributed by atoms with Crippen LogP contribution in [0.1, 0.15) is 0 Å². The number of ether oxygens (including phenoxy) is 2. The van der Waals surface area contributed by atoms with Gasteiger partial charge in [-0.1, -0.05) is 17.7 Å². The number of amides is 1. The van der Waals surface area contributed by atoms with Crippen LogP contribution in [0.2, 0.25) is 5.02 Å². The number of rotatable bonds is 5. The average molecular weight is 405 g/mol. The van der Waals surface area contributed by atoms with E-state index in [2.05, 4.69) is 10.6 Å². The van der Waals surface area contributed by atoms with Crippen LogP contribution in [0.4, 0.5) is 16.2 Å². The van der Waals surface area contributed by atoms with Gasteiger partial charge >= 0.3 is 12.1 Å². The standard InChI is InChI=1S/C19H17ClN2O4S/c1-25-18(23)16-10-27-11-17(16)21-13-5-7-15(8-6-13)26-19(24)22-14-4-2-3-12(20)9-14/h2-9,21H,10-11H2,1H3,(H,22,24). The fourth-order valence-electron chi connectivity index (χ4n) is 2.44. The van der Waals surface area contributed by atoms with E-state index in [9.17, 15) is 9.59 Å². The topological polar surface area (TPSA) is 76.7 Å². The minimum Gasteiger partial charge on any atom is -0.466 e. The number of nitrogens with one attached hydrogen (secondary N) is 2. The van der Waals surface area contributed by atoms with Crippen molar-refractivity contribution in [2.45, 2.75) is 0 Å². The first-order valence-electron chi connectivity index (χ1n) is 8.05. The molecule has 1 amide bonds. The van der Waals surface area contributed by atoms with Gasteiger partial charge in [0.2, 0.25) is 0 Å². The Balaban J connectivity index is 1.60. The van der Waals surface area contributed by atoms with Crippen molar-refractivity contribution in [2.75, 3.05) is 29.2 Å². The van der Waals surface area contributed by atoms with Crippen molar-refractivity contribution in [3.05, 3.63) is 64.8 Å². The summed E-state index contributed by atoms with van der Waals surface area (Å²) in [7, 11) is 1.37. The van der Waals surface area contributed by atoms with E-state index in [0.29, 0.717) is 33.5 Å². The molecule has 2 aromatic carbocycles. The number of methoxy groups -OCH3 is 1. The molecule has 2 N–H and O–H groups in total. The zero-order chi connectivity index (χ0) is 19.2. The smallest absolute Gasteiger partial charge is 0.417 e. The molecule has 0 fully saturated rings. The molecule has 27 heavy (non-hydrogen) atoms. The number of thioether (sulfide) groups is 1. The number of esters is 1. The molecule has 0 saturated carbocycles. The van der Waals surface area contributed by atoms with Crippen LogP contribution in [0.3, 0.4) is 0 Å². The SMILES string of the molecule is COC(=O)C1=C(Nc2ccc(OC(=O)Nc3cccc(Cl)c3)cc2)CSC1. The second kappa shape index (κ2) is 8.83. The molecule has 140 valence electrons. The number of halogens is 1. The molecule has 6 nitrogen and oxygen atoms in total. The summed E-state index contributed by atoms with van der Waals surface area (Å²) in [6, 6.07) is 13.7. The Kier molecular flexibility index (Phi) is 6.26. The fourth-order valence-corrected chi connectivity index (χ4v) is 3.68. The van der Waals surface area contributed by atoms with Gasteiger partial charge in [0, 0.05) is 33.6 Å². The summed E-state index contributed by atoms with van der Waals surface area (Å²) in [6.45, 7) is 0. The second-order valence-electron chi connectivity index (χ2n) is 5.62.